The summed E-state index contributed by atoms with van der Waals surface area (Å²) in [7, 11) is 1.88. The van der Waals surface area contributed by atoms with Crippen molar-refractivity contribution in [2.45, 2.75) is 32.2 Å². The van der Waals surface area contributed by atoms with Gasteiger partial charge < -0.3 is 10.6 Å². The van der Waals surface area contributed by atoms with E-state index in [9.17, 15) is 4.79 Å². The van der Waals surface area contributed by atoms with Crippen LogP contribution in [0.3, 0.4) is 0 Å². The Labute approximate surface area is 126 Å². The van der Waals surface area contributed by atoms with Crippen LogP contribution in [0.5, 0.6) is 0 Å². The monoisotopic (exact) mass is 304 g/mol. The van der Waals surface area contributed by atoms with E-state index >= 15 is 0 Å². The van der Waals surface area contributed by atoms with Gasteiger partial charge in [0.05, 0.1) is 5.54 Å². The van der Waals surface area contributed by atoms with Gasteiger partial charge in [-0.3, -0.25) is 4.79 Å². The van der Waals surface area contributed by atoms with Gasteiger partial charge in [0, 0.05) is 11.4 Å². The highest BCUT2D eigenvalue weighted by Crippen LogP contribution is 2.23. The average molecular weight is 305 g/mol. The Morgan fingerprint density at radius 3 is 2.63 bits per heavy atom. The lowest BCUT2D eigenvalue weighted by atomic mass is 9.94. The number of hydrogen-bond acceptors (Lipinski definition) is 2. The van der Waals surface area contributed by atoms with Gasteiger partial charge in [0.1, 0.15) is 0 Å². The molecule has 108 valence electrons. The molecule has 5 heteroatoms. The molecule has 0 aliphatic carbocycles. The highest BCUT2D eigenvalue weighted by atomic mass is 35.5. The molecule has 1 amide bonds. The topological polar surface area (TPSA) is 41.1 Å². The molecule has 0 aliphatic heterocycles. The lowest BCUT2D eigenvalue weighted by Gasteiger charge is -2.27. The number of rotatable bonds is 6. The van der Waals surface area contributed by atoms with Crippen LogP contribution in [0, 0.1) is 0 Å². The third kappa shape index (κ3) is 6.28. The summed E-state index contributed by atoms with van der Waals surface area (Å²) in [5.41, 5.74) is 0.610. The number of carbonyl (C=O) groups excluding carboxylic acids is 1. The van der Waals surface area contributed by atoms with E-state index in [0.29, 0.717) is 11.4 Å². The van der Waals surface area contributed by atoms with E-state index in [-0.39, 0.29) is 18.3 Å². The van der Waals surface area contributed by atoms with Crippen LogP contribution in [0.1, 0.15) is 32.3 Å². The molecule has 0 heterocycles. The Balaban J connectivity index is 0.00000324. The Morgan fingerprint density at radius 2 is 2.05 bits per heavy atom. The average Bonchev–Trinajstić information content (AvgIpc) is 2.28. The van der Waals surface area contributed by atoms with Crippen molar-refractivity contribution in [2.24, 2.45) is 0 Å². The minimum atomic E-state index is -0.401. The number of amides is 1. The van der Waals surface area contributed by atoms with E-state index in [0.717, 1.165) is 18.5 Å². The maximum absolute atomic E-state index is 11.8. The van der Waals surface area contributed by atoms with Crippen molar-refractivity contribution in [2.75, 3.05) is 13.6 Å². The zero-order chi connectivity index (χ0) is 13.6. The summed E-state index contributed by atoms with van der Waals surface area (Å²) in [5.74, 6) is 0.0650. The highest BCUT2D eigenvalue weighted by molar-refractivity contribution is 6.30. The van der Waals surface area contributed by atoms with E-state index < -0.39 is 5.54 Å². The van der Waals surface area contributed by atoms with Crippen molar-refractivity contribution in [3.05, 3.63) is 34.9 Å². The third-order valence-corrected chi connectivity index (χ3v) is 3.06. The normalized spacial score (nSPS) is 10.7. The molecule has 1 rings (SSSR count). The van der Waals surface area contributed by atoms with Gasteiger partial charge >= 0.3 is 0 Å². The van der Waals surface area contributed by atoms with Gasteiger partial charge in [-0.25, -0.2) is 0 Å². The molecule has 0 aliphatic rings. The molecular weight excluding hydrogens is 283 g/mol. The van der Waals surface area contributed by atoms with Gasteiger partial charge in [-0.2, -0.15) is 0 Å². The second-order valence-electron chi connectivity index (χ2n) is 4.89. The van der Waals surface area contributed by atoms with E-state index in [1.807, 2.05) is 45.2 Å². The molecule has 3 nitrogen and oxygen atoms in total. The highest BCUT2D eigenvalue weighted by Gasteiger charge is 2.22. The van der Waals surface area contributed by atoms with Crippen molar-refractivity contribution in [1.29, 1.82) is 0 Å². The van der Waals surface area contributed by atoms with Crippen LogP contribution >= 0.6 is 24.0 Å². The molecule has 19 heavy (non-hydrogen) atoms. The van der Waals surface area contributed by atoms with Crippen LogP contribution in [-0.4, -0.2) is 19.5 Å². The van der Waals surface area contributed by atoms with Crippen LogP contribution < -0.4 is 10.6 Å². The molecule has 2 N–H and O–H groups in total. The second-order valence-corrected chi connectivity index (χ2v) is 5.33. The largest absolute Gasteiger partial charge is 0.347 e. The summed E-state index contributed by atoms with van der Waals surface area (Å²) in [4.78, 5) is 11.8. The first-order valence-corrected chi connectivity index (χ1v) is 6.55. The van der Waals surface area contributed by atoms with Gasteiger partial charge in [0.15, 0.2) is 0 Å². The summed E-state index contributed by atoms with van der Waals surface area (Å²) < 4.78 is 0. The molecule has 0 atom stereocenters. The van der Waals surface area contributed by atoms with Crippen molar-refractivity contribution in [3.63, 3.8) is 0 Å². The smallest absolute Gasteiger partial charge is 0.220 e. The molecule has 0 spiro atoms. The Hall–Kier alpha value is -0.770. The molecule has 0 saturated carbocycles. The van der Waals surface area contributed by atoms with Gasteiger partial charge in [0.25, 0.3) is 0 Å². The molecule has 0 unspecified atom stereocenters. The summed E-state index contributed by atoms with van der Waals surface area (Å²) in [5, 5.41) is 6.75. The third-order valence-electron chi connectivity index (χ3n) is 2.83. The minimum Gasteiger partial charge on any atom is -0.347 e. The van der Waals surface area contributed by atoms with Crippen molar-refractivity contribution in [3.8, 4) is 0 Å². The van der Waals surface area contributed by atoms with Crippen molar-refractivity contribution >= 4 is 29.9 Å². The fourth-order valence-electron chi connectivity index (χ4n) is 1.79. The zero-order valence-corrected chi connectivity index (χ0v) is 13.2. The molecule has 0 saturated heterocycles. The molecule has 0 fully saturated rings. The van der Waals surface area contributed by atoms with E-state index in [1.54, 1.807) is 0 Å². The van der Waals surface area contributed by atoms with Crippen LogP contribution in [0.15, 0.2) is 24.3 Å². The Kier molecular flexibility index (Phi) is 8.07. The SMILES string of the molecule is CNCCCC(=O)NC(C)(C)c1cccc(Cl)c1.Cl. The van der Waals surface area contributed by atoms with Crippen LogP contribution in [0.2, 0.25) is 5.02 Å². The zero-order valence-electron chi connectivity index (χ0n) is 11.6. The van der Waals surface area contributed by atoms with Gasteiger partial charge in [0.2, 0.25) is 5.91 Å². The van der Waals surface area contributed by atoms with E-state index in [1.165, 1.54) is 0 Å². The molecule has 1 aromatic carbocycles. The van der Waals surface area contributed by atoms with Crippen LogP contribution in [0.4, 0.5) is 0 Å². The van der Waals surface area contributed by atoms with Crippen LogP contribution in [-0.2, 0) is 10.3 Å². The minimum absolute atomic E-state index is 0. The van der Waals surface area contributed by atoms with Gasteiger partial charge in [-0.1, -0.05) is 23.7 Å². The van der Waals surface area contributed by atoms with Gasteiger partial charge in [-0.15, -0.1) is 12.4 Å². The lowest BCUT2D eigenvalue weighted by Crippen LogP contribution is -2.41. The molecule has 1 aromatic rings. The number of nitrogens with one attached hydrogen (secondary N) is 2. The van der Waals surface area contributed by atoms with Crippen molar-refractivity contribution in [1.82, 2.24) is 10.6 Å². The number of hydrogen-bond donors (Lipinski definition) is 2. The lowest BCUT2D eigenvalue weighted by molar-refractivity contribution is -0.122. The Morgan fingerprint density at radius 1 is 1.37 bits per heavy atom. The standard InChI is InChI=1S/C14H21ClN2O.ClH/c1-14(2,11-6-4-7-12(15)10-11)17-13(18)8-5-9-16-3;/h4,6-7,10,16H,5,8-9H2,1-3H3,(H,17,18);1H. The second kappa shape index (κ2) is 8.41. The number of halogens is 2. The first-order valence-electron chi connectivity index (χ1n) is 6.17. The number of carbonyl (C=O) groups is 1. The fraction of sp³-hybridized carbons (Fsp3) is 0.500. The maximum atomic E-state index is 11.8. The quantitative estimate of drug-likeness (QED) is 0.793. The van der Waals surface area contributed by atoms with E-state index in [4.69, 9.17) is 11.6 Å². The first kappa shape index (κ1) is 18.2. The predicted octanol–water partition coefficient (Wildman–Crippen LogP) is 3.11. The summed E-state index contributed by atoms with van der Waals surface area (Å²) in [6.45, 7) is 4.81. The molecule has 0 aromatic heterocycles. The van der Waals surface area contributed by atoms with Gasteiger partial charge in [-0.05, 0) is 51.6 Å². The molecule has 0 bridgehead atoms. The van der Waals surface area contributed by atoms with Crippen molar-refractivity contribution < 1.29 is 4.79 Å². The number of benzene rings is 1. The van der Waals surface area contributed by atoms with E-state index in [2.05, 4.69) is 10.6 Å². The summed E-state index contributed by atoms with van der Waals surface area (Å²) in [6.07, 6.45) is 1.37. The van der Waals surface area contributed by atoms with Crippen LogP contribution in [0.25, 0.3) is 0 Å². The molecule has 0 radical (unpaired) electrons. The first-order chi connectivity index (χ1) is 8.45. The molecular formula is C14H22Cl2N2O. The maximum Gasteiger partial charge on any atom is 0.220 e. The Bertz CT molecular complexity index is 408. The summed E-state index contributed by atoms with van der Waals surface area (Å²) >= 11 is 5.97. The summed E-state index contributed by atoms with van der Waals surface area (Å²) in [6, 6.07) is 7.58. The fourth-order valence-corrected chi connectivity index (χ4v) is 1.98. The predicted molar refractivity (Wildman–Crippen MR) is 83.0 cm³/mol.